The third kappa shape index (κ3) is 2.06. The molecule has 0 fully saturated rings. The number of aromatic nitrogens is 1. The summed E-state index contributed by atoms with van der Waals surface area (Å²) in [4.78, 5) is 0. The quantitative estimate of drug-likeness (QED) is 0.754. The third-order valence-electron chi connectivity index (χ3n) is 4.15. The molecule has 1 aromatic heterocycles. The van der Waals surface area contributed by atoms with Gasteiger partial charge in [-0.3, -0.25) is 0 Å². The van der Waals surface area contributed by atoms with Gasteiger partial charge in [-0.15, -0.1) is 0 Å². The number of para-hydroxylation sites is 1. The van der Waals surface area contributed by atoms with Crippen LogP contribution in [-0.2, 0) is 13.5 Å². The van der Waals surface area contributed by atoms with E-state index in [9.17, 15) is 5.26 Å². The van der Waals surface area contributed by atoms with Crippen LogP contribution in [-0.4, -0.2) is 4.57 Å². The molecule has 1 aromatic carbocycles. The number of hydrogen-bond acceptors (Lipinski definition) is 1. The molecule has 0 saturated heterocycles. The number of nitriles is 1. The molecule has 0 amide bonds. The molecule has 1 heterocycles. The van der Waals surface area contributed by atoms with E-state index in [0.717, 1.165) is 24.1 Å². The predicted octanol–water partition coefficient (Wildman–Crippen LogP) is 4.09. The fourth-order valence-corrected chi connectivity index (χ4v) is 3.12. The summed E-state index contributed by atoms with van der Waals surface area (Å²) in [7, 11) is 1.99. The lowest BCUT2D eigenvalue weighted by Crippen LogP contribution is -1.95. The highest BCUT2D eigenvalue weighted by atomic mass is 14.9. The summed E-state index contributed by atoms with van der Waals surface area (Å²) in [6.07, 6.45) is 8.23. The van der Waals surface area contributed by atoms with Crippen LogP contribution in [0.4, 0.5) is 0 Å². The first-order valence-electron chi connectivity index (χ1n) is 6.95. The van der Waals surface area contributed by atoms with Crippen molar-refractivity contribution in [3.8, 4) is 6.07 Å². The number of fused-ring (bicyclic) bond motifs is 1. The maximum absolute atomic E-state index is 9.41. The number of aryl methyl sites for hydroxylation is 2. The second kappa shape index (κ2) is 4.93. The maximum Gasteiger partial charge on any atom is 0.124 e. The van der Waals surface area contributed by atoms with Crippen LogP contribution >= 0.6 is 0 Å². The molecule has 19 heavy (non-hydrogen) atoms. The van der Waals surface area contributed by atoms with Crippen LogP contribution in [0, 0.1) is 11.3 Å². The van der Waals surface area contributed by atoms with Gasteiger partial charge in [0, 0.05) is 18.0 Å². The lowest BCUT2D eigenvalue weighted by atomic mass is 10.0. The van der Waals surface area contributed by atoms with Gasteiger partial charge in [-0.05, 0) is 43.7 Å². The minimum absolute atomic E-state index is 0.819. The second-order valence-corrected chi connectivity index (χ2v) is 5.27. The topological polar surface area (TPSA) is 28.7 Å². The van der Waals surface area contributed by atoms with Crippen molar-refractivity contribution in [1.29, 1.82) is 5.26 Å². The molecule has 1 aliphatic rings. The van der Waals surface area contributed by atoms with Crippen LogP contribution in [0.1, 0.15) is 36.9 Å². The van der Waals surface area contributed by atoms with Gasteiger partial charge in [0.25, 0.3) is 0 Å². The fraction of sp³-hybridized carbons (Fsp3) is 0.353. The highest BCUT2D eigenvalue weighted by molar-refractivity contribution is 5.86. The van der Waals surface area contributed by atoms with Crippen LogP contribution < -0.4 is 0 Å². The Labute approximate surface area is 114 Å². The Morgan fingerprint density at radius 1 is 1.26 bits per heavy atom. The highest BCUT2D eigenvalue weighted by Gasteiger charge is 2.15. The Hall–Kier alpha value is -2.01. The van der Waals surface area contributed by atoms with Crippen molar-refractivity contribution >= 4 is 10.9 Å². The number of benzene rings is 1. The molecule has 2 heteroatoms. The number of nitrogens with zero attached hydrogens (tertiary/aromatic N) is 2. The summed E-state index contributed by atoms with van der Waals surface area (Å²) >= 11 is 0. The molecule has 0 aliphatic heterocycles. The predicted molar refractivity (Wildman–Crippen MR) is 77.9 cm³/mol. The van der Waals surface area contributed by atoms with Crippen molar-refractivity contribution in [3.05, 3.63) is 47.2 Å². The average Bonchev–Trinajstić information content (AvgIpc) is 3.04. The molecular weight excluding hydrogens is 232 g/mol. The summed E-state index contributed by atoms with van der Waals surface area (Å²) in [6.45, 7) is 0. The summed E-state index contributed by atoms with van der Waals surface area (Å²) in [5.41, 5.74) is 4.76. The smallest absolute Gasteiger partial charge is 0.124 e. The van der Waals surface area contributed by atoms with Crippen LogP contribution in [0.15, 0.2) is 35.9 Å². The van der Waals surface area contributed by atoms with Crippen LogP contribution in [0.3, 0.4) is 0 Å². The Kier molecular flexibility index (Phi) is 3.13. The SMILES string of the molecule is Cn1c(C#N)c(CCC2=CCCC2)c2ccccc21. The Morgan fingerprint density at radius 3 is 2.84 bits per heavy atom. The Bertz CT molecular complexity index is 683. The molecule has 1 aliphatic carbocycles. The van der Waals surface area contributed by atoms with Crippen LogP contribution in [0.25, 0.3) is 10.9 Å². The van der Waals surface area contributed by atoms with Crippen molar-refractivity contribution in [2.45, 2.75) is 32.1 Å². The summed E-state index contributed by atoms with van der Waals surface area (Å²) < 4.78 is 2.02. The fourth-order valence-electron chi connectivity index (χ4n) is 3.12. The maximum atomic E-state index is 9.41. The molecule has 0 atom stereocenters. The Balaban J connectivity index is 1.99. The van der Waals surface area contributed by atoms with Crippen molar-refractivity contribution in [1.82, 2.24) is 4.57 Å². The molecule has 3 rings (SSSR count). The minimum atomic E-state index is 0.819. The molecule has 0 bridgehead atoms. The first-order valence-corrected chi connectivity index (χ1v) is 6.95. The van der Waals surface area contributed by atoms with E-state index in [1.54, 1.807) is 5.57 Å². The highest BCUT2D eigenvalue weighted by Crippen LogP contribution is 2.29. The van der Waals surface area contributed by atoms with Crippen molar-refractivity contribution < 1.29 is 0 Å². The summed E-state index contributed by atoms with van der Waals surface area (Å²) in [5.74, 6) is 0. The van der Waals surface area contributed by atoms with Gasteiger partial charge in [0.1, 0.15) is 11.8 Å². The average molecular weight is 250 g/mol. The molecule has 0 N–H and O–H groups in total. The third-order valence-corrected chi connectivity index (χ3v) is 4.15. The first kappa shape index (κ1) is 12.0. The van der Waals surface area contributed by atoms with Gasteiger partial charge in [0.15, 0.2) is 0 Å². The van der Waals surface area contributed by atoms with Crippen LogP contribution in [0.5, 0.6) is 0 Å². The minimum Gasteiger partial charge on any atom is -0.335 e. The zero-order chi connectivity index (χ0) is 13.2. The lowest BCUT2D eigenvalue weighted by molar-refractivity contribution is 0.839. The molecule has 2 nitrogen and oxygen atoms in total. The molecule has 2 aromatic rings. The summed E-state index contributed by atoms with van der Waals surface area (Å²) in [5, 5.41) is 10.6. The summed E-state index contributed by atoms with van der Waals surface area (Å²) in [6, 6.07) is 10.7. The van der Waals surface area contributed by atoms with E-state index in [1.165, 1.54) is 30.2 Å². The zero-order valence-electron chi connectivity index (χ0n) is 11.3. The van der Waals surface area contributed by atoms with E-state index in [-0.39, 0.29) is 0 Å². The molecular formula is C17H18N2. The van der Waals surface area contributed by atoms with E-state index in [4.69, 9.17) is 0 Å². The van der Waals surface area contributed by atoms with Gasteiger partial charge < -0.3 is 4.57 Å². The number of rotatable bonds is 3. The van der Waals surface area contributed by atoms with Crippen molar-refractivity contribution in [3.63, 3.8) is 0 Å². The zero-order valence-corrected chi connectivity index (χ0v) is 11.3. The van der Waals surface area contributed by atoms with Gasteiger partial charge in [-0.25, -0.2) is 0 Å². The normalized spacial score (nSPS) is 14.6. The monoisotopic (exact) mass is 250 g/mol. The van der Waals surface area contributed by atoms with Crippen LogP contribution in [0.2, 0.25) is 0 Å². The Morgan fingerprint density at radius 2 is 2.11 bits per heavy atom. The van der Waals surface area contributed by atoms with Gasteiger partial charge in [0.2, 0.25) is 0 Å². The lowest BCUT2D eigenvalue weighted by Gasteiger charge is -2.02. The number of allylic oxidation sites excluding steroid dienone is 2. The molecule has 0 spiro atoms. The molecule has 96 valence electrons. The van der Waals surface area contributed by atoms with E-state index in [2.05, 4.69) is 30.3 Å². The van der Waals surface area contributed by atoms with E-state index >= 15 is 0 Å². The molecule has 0 radical (unpaired) electrons. The van der Waals surface area contributed by atoms with Crippen molar-refractivity contribution in [2.75, 3.05) is 0 Å². The van der Waals surface area contributed by atoms with E-state index in [0.29, 0.717) is 0 Å². The molecule has 0 saturated carbocycles. The van der Waals surface area contributed by atoms with Gasteiger partial charge >= 0.3 is 0 Å². The first-order chi connectivity index (χ1) is 9.31. The van der Waals surface area contributed by atoms with Gasteiger partial charge in [-0.1, -0.05) is 29.8 Å². The van der Waals surface area contributed by atoms with Gasteiger partial charge in [0.05, 0.1) is 0 Å². The van der Waals surface area contributed by atoms with E-state index < -0.39 is 0 Å². The van der Waals surface area contributed by atoms with Gasteiger partial charge in [-0.2, -0.15) is 5.26 Å². The molecule has 0 unspecified atom stereocenters. The van der Waals surface area contributed by atoms with E-state index in [1.807, 2.05) is 17.7 Å². The second-order valence-electron chi connectivity index (χ2n) is 5.27. The largest absolute Gasteiger partial charge is 0.335 e. The van der Waals surface area contributed by atoms with Crippen molar-refractivity contribution in [2.24, 2.45) is 7.05 Å². The standard InChI is InChI=1S/C17H18N2/c1-19-16-9-5-4-8-14(16)15(17(19)12-18)11-10-13-6-2-3-7-13/h4-6,8-9H,2-3,7,10-11H2,1H3. The number of hydrogen-bond donors (Lipinski definition) is 0.